The summed E-state index contributed by atoms with van der Waals surface area (Å²) in [5.74, 6) is 0.0349. The molecule has 0 aliphatic rings. The molecule has 7 heteroatoms. The van der Waals surface area contributed by atoms with Crippen LogP contribution in [0.25, 0.3) is 0 Å². The molecule has 1 aromatic heterocycles. The van der Waals surface area contributed by atoms with E-state index >= 15 is 0 Å². The number of ether oxygens (including phenoxy) is 1. The van der Waals surface area contributed by atoms with Gasteiger partial charge in [0, 0.05) is 12.7 Å². The lowest BCUT2D eigenvalue weighted by atomic mass is 10.1. The number of aromatic nitrogens is 1. The first-order valence-corrected chi connectivity index (χ1v) is 8.20. The quantitative estimate of drug-likeness (QED) is 0.613. The highest BCUT2D eigenvalue weighted by molar-refractivity contribution is 7.89. The first-order chi connectivity index (χ1) is 9.25. The third-order valence-electron chi connectivity index (χ3n) is 2.91. The van der Waals surface area contributed by atoms with Gasteiger partial charge in [-0.25, -0.2) is 18.4 Å². The minimum Gasteiger partial charge on any atom is -0.461 e. The molecule has 0 saturated carbocycles. The van der Waals surface area contributed by atoms with Crippen LogP contribution in [0.3, 0.4) is 0 Å². The Morgan fingerprint density at radius 1 is 1.45 bits per heavy atom. The summed E-state index contributed by atoms with van der Waals surface area (Å²) < 4.78 is 29.2. The zero-order valence-electron chi connectivity index (χ0n) is 12.1. The Morgan fingerprint density at radius 3 is 2.60 bits per heavy atom. The summed E-state index contributed by atoms with van der Waals surface area (Å²) in [5.41, 5.74) is 0.209. The van der Waals surface area contributed by atoms with Crippen molar-refractivity contribution in [2.45, 2.75) is 45.1 Å². The molecule has 114 valence electrons. The van der Waals surface area contributed by atoms with Crippen molar-refractivity contribution in [3.63, 3.8) is 0 Å². The first-order valence-electron chi connectivity index (χ1n) is 6.65. The van der Waals surface area contributed by atoms with Crippen molar-refractivity contribution in [1.29, 1.82) is 0 Å². The summed E-state index contributed by atoms with van der Waals surface area (Å²) in [7, 11) is -3.81. The van der Waals surface area contributed by atoms with E-state index in [1.165, 1.54) is 16.8 Å². The van der Waals surface area contributed by atoms with Gasteiger partial charge >= 0.3 is 5.97 Å². The summed E-state index contributed by atoms with van der Waals surface area (Å²) >= 11 is 0. The van der Waals surface area contributed by atoms with Gasteiger partial charge < -0.3 is 9.30 Å². The number of carbonyl (C=O) groups is 1. The Labute approximate surface area is 120 Å². The minimum atomic E-state index is -3.81. The second-order valence-corrected chi connectivity index (χ2v) is 6.63. The van der Waals surface area contributed by atoms with Crippen LogP contribution in [0.15, 0.2) is 17.2 Å². The molecule has 0 atom stereocenters. The van der Waals surface area contributed by atoms with Gasteiger partial charge in [-0.2, -0.15) is 0 Å². The zero-order valence-corrected chi connectivity index (χ0v) is 12.9. The van der Waals surface area contributed by atoms with Gasteiger partial charge in [0.15, 0.2) is 0 Å². The number of nitrogens with two attached hydrogens (primary N) is 1. The van der Waals surface area contributed by atoms with E-state index in [2.05, 4.69) is 13.8 Å². The average molecular weight is 302 g/mol. The van der Waals surface area contributed by atoms with Gasteiger partial charge in [-0.3, -0.25) is 0 Å². The third-order valence-corrected chi connectivity index (χ3v) is 3.79. The lowest BCUT2D eigenvalue weighted by Gasteiger charge is -2.08. The molecule has 0 spiro atoms. The van der Waals surface area contributed by atoms with E-state index in [0.29, 0.717) is 19.1 Å². The summed E-state index contributed by atoms with van der Waals surface area (Å²) in [6.45, 7) is 6.80. The number of rotatable bonds is 7. The van der Waals surface area contributed by atoms with E-state index in [1.807, 2.05) is 6.92 Å². The van der Waals surface area contributed by atoms with Crippen molar-refractivity contribution < 1.29 is 17.9 Å². The minimum absolute atomic E-state index is 0.0755. The lowest BCUT2D eigenvalue weighted by molar-refractivity contribution is 0.0482. The van der Waals surface area contributed by atoms with Crippen LogP contribution in [-0.4, -0.2) is 25.6 Å². The number of carbonyl (C=O) groups excluding carboxylic acids is 1. The highest BCUT2D eigenvalue weighted by atomic mass is 32.2. The molecule has 1 rings (SSSR count). The van der Waals surface area contributed by atoms with Crippen molar-refractivity contribution in [2.24, 2.45) is 11.1 Å². The number of nitrogens with zero attached hydrogens (tertiary/aromatic N) is 1. The topological polar surface area (TPSA) is 91.4 Å². The Hall–Kier alpha value is -1.34. The summed E-state index contributed by atoms with van der Waals surface area (Å²) in [5, 5.41) is 5.06. The fourth-order valence-corrected chi connectivity index (χ4v) is 2.35. The average Bonchev–Trinajstić information content (AvgIpc) is 2.78. The van der Waals surface area contributed by atoms with Crippen LogP contribution in [-0.2, 0) is 21.3 Å². The van der Waals surface area contributed by atoms with Gasteiger partial charge in [0.2, 0.25) is 10.0 Å². The van der Waals surface area contributed by atoms with Gasteiger partial charge in [0.25, 0.3) is 0 Å². The summed E-state index contributed by atoms with van der Waals surface area (Å²) in [6.07, 6.45) is 3.11. The molecule has 2 N–H and O–H groups in total. The molecule has 0 bridgehead atoms. The van der Waals surface area contributed by atoms with Gasteiger partial charge in [-0.15, -0.1) is 0 Å². The van der Waals surface area contributed by atoms with Crippen LogP contribution < -0.4 is 5.14 Å². The summed E-state index contributed by atoms with van der Waals surface area (Å²) in [4.78, 5) is 11.9. The molecule has 0 aliphatic heterocycles. The molecule has 0 aliphatic carbocycles. The van der Waals surface area contributed by atoms with E-state index in [-0.39, 0.29) is 10.6 Å². The van der Waals surface area contributed by atoms with E-state index < -0.39 is 16.0 Å². The standard InChI is InChI=1S/C13H22N2O4S/c1-4-15-9-11(20(14,17)18)8-12(15)13(16)19-7-5-6-10(2)3/h8-10H,4-7H2,1-3H3,(H2,14,17,18). The maximum absolute atomic E-state index is 11.9. The Bertz CT molecular complexity index is 561. The predicted molar refractivity (Wildman–Crippen MR) is 75.8 cm³/mol. The van der Waals surface area contributed by atoms with Crippen LogP contribution in [0.2, 0.25) is 0 Å². The molecule has 0 fully saturated rings. The van der Waals surface area contributed by atoms with E-state index in [0.717, 1.165) is 12.8 Å². The molecule has 6 nitrogen and oxygen atoms in total. The van der Waals surface area contributed by atoms with Crippen LogP contribution in [0, 0.1) is 5.92 Å². The van der Waals surface area contributed by atoms with Crippen molar-refractivity contribution in [3.8, 4) is 0 Å². The van der Waals surface area contributed by atoms with Gasteiger partial charge in [-0.1, -0.05) is 13.8 Å². The number of aryl methyl sites for hydroxylation is 1. The Balaban J connectivity index is 2.75. The van der Waals surface area contributed by atoms with E-state index in [9.17, 15) is 13.2 Å². The van der Waals surface area contributed by atoms with Crippen molar-refractivity contribution >= 4 is 16.0 Å². The molecule has 0 aromatic carbocycles. The molecular weight excluding hydrogens is 280 g/mol. The van der Waals surface area contributed by atoms with Crippen molar-refractivity contribution in [1.82, 2.24) is 4.57 Å². The molecule has 20 heavy (non-hydrogen) atoms. The van der Waals surface area contributed by atoms with Crippen LogP contribution in [0.5, 0.6) is 0 Å². The first kappa shape index (κ1) is 16.7. The second kappa shape index (κ2) is 6.90. The van der Waals surface area contributed by atoms with Crippen LogP contribution in [0.4, 0.5) is 0 Å². The predicted octanol–water partition coefficient (Wildman–Crippen LogP) is 1.75. The molecule has 0 amide bonds. The smallest absolute Gasteiger partial charge is 0.354 e. The molecule has 1 aromatic rings. The Morgan fingerprint density at radius 2 is 2.10 bits per heavy atom. The highest BCUT2D eigenvalue weighted by Crippen LogP contribution is 2.14. The molecule has 1 heterocycles. The lowest BCUT2D eigenvalue weighted by Crippen LogP contribution is -2.12. The van der Waals surface area contributed by atoms with Gasteiger partial charge in [0.1, 0.15) is 10.6 Å². The number of hydrogen-bond acceptors (Lipinski definition) is 4. The van der Waals surface area contributed by atoms with Crippen molar-refractivity contribution in [3.05, 3.63) is 18.0 Å². The van der Waals surface area contributed by atoms with Gasteiger partial charge in [0.05, 0.1) is 6.61 Å². The molecular formula is C13H22N2O4S. The van der Waals surface area contributed by atoms with E-state index in [1.54, 1.807) is 0 Å². The number of sulfonamides is 1. The Kier molecular flexibility index (Phi) is 5.76. The van der Waals surface area contributed by atoms with Crippen LogP contribution >= 0.6 is 0 Å². The largest absolute Gasteiger partial charge is 0.461 e. The van der Waals surface area contributed by atoms with Crippen molar-refractivity contribution in [2.75, 3.05) is 6.61 Å². The molecule has 0 radical (unpaired) electrons. The number of esters is 1. The van der Waals surface area contributed by atoms with E-state index in [4.69, 9.17) is 9.88 Å². The normalized spacial score (nSPS) is 11.8. The SMILES string of the molecule is CCn1cc(S(N)(=O)=O)cc1C(=O)OCCCC(C)C. The highest BCUT2D eigenvalue weighted by Gasteiger charge is 2.19. The monoisotopic (exact) mass is 302 g/mol. The zero-order chi connectivity index (χ0) is 15.3. The van der Waals surface area contributed by atoms with Crippen LogP contribution in [0.1, 0.15) is 44.1 Å². The molecule has 0 saturated heterocycles. The third kappa shape index (κ3) is 4.64. The maximum atomic E-state index is 11.9. The summed E-state index contributed by atoms with van der Waals surface area (Å²) in [6, 6.07) is 1.25. The second-order valence-electron chi connectivity index (χ2n) is 5.06. The van der Waals surface area contributed by atoms with Gasteiger partial charge in [-0.05, 0) is 31.7 Å². The fraction of sp³-hybridized carbons (Fsp3) is 0.615. The fourth-order valence-electron chi connectivity index (χ4n) is 1.80. The maximum Gasteiger partial charge on any atom is 0.354 e. The number of hydrogen-bond donors (Lipinski definition) is 1. The number of primary sulfonamides is 1. The molecule has 0 unspecified atom stereocenters.